The highest BCUT2D eigenvalue weighted by molar-refractivity contribution is 9.10. The van der Waals surface area contributed by atoms with Crippen molar-refractivity contribution in [3.8, 4) is 0 Å². The van der Waals surface area contributed by atoms with Crippen LogP contribution >= 0.6 is 15.9 Å². The minimum absolute atomic E-state index is 0.000391. The number of anilines is 1. The number of halogens is 1. The summed E-state index contributed by atoms with van der Waals surface area (Å²) in [6.45, 7) is 0.627. The Morgan fingerprint density at radius 1 is 1.38 bits per heavy atom. The van der Waals surface area contributed by atoms with E-state index in [4.69, 9.17) is 0 Å². The molecular weight excluding hydrogens is 360 g/mol. The number of hydrogen-bond acceptors (Lipinski definition) is 4. The van der Waals surface area contributed by atoms with Gasteiger partial charge in [0.2, 0.25) is 5.43 Å². The molecule has 0 unspecified atom stereocenters. The molecule has 3 heterocycles. The lowest BCUT2D eigenvalue weighted by atomic mass is 10.4. The topological polar surface area (TPSA) is 86.0 Å². The summed E-state index contributed by atoms with van der Waals surface area (Å²) in [4.78, 5) is 16.1. The number of aromatic nitrogens is 3. The fourth-order valence-electron chi connectivity index (χ4n) is 2.38. The first kappa shape index (κ1) is 14.3. The predicted molar refractivity (Wildman–Crippen MR) is 80.7 cm³/mol. The number of fused-ring (bicyclic) bond motifs is 1. The molecule has 1 aliphatic heterocycles. The van der Waals surface area contributed by atoms with Gasteiger partial charge in [-0.05, 0) is 22.4 Å². The zero-order chi connectivity index (χ0) is 15.2. The Hall–Kier alpha value is -1.61. The average Bonchev–Trinajstić information content (AvgIpc) is 2.96. The van der Waals surface area contributed by atoms with Gasteiger partial charge in [0.25, 0.3) is 10.0 Å². The maximum absolute atomic E-state index is 12.5. The number of nitrogens with one attached hydrogen (secondary N) is 1. The highest BCUT2D eigenvalue weighted by Crippen LogP contribution is 2.21. The molecule has 0 atom stereocenters. The molecule has 0 saturated carbocycles. The van der Waals surface area contributed by atoms with Gasteiger partial charge in [-0.2, -0.15) is 8.42 Å². The van der Waals surface area contributed by atoms with Crippen LogP contribution in [0.1, 0.15) is 12.2 Å². The van der Waals surface area contributed by atoms with E-state index in [-0.39, 0.29) is 10.7 Å². The average molecular weight is 373 g/mol. The maximum atomic E-state index is 12.5. The standard InChI is InChI=1S/C12H13BrN4O3S/c1-16-6-8(13)12(18)9(7-16)15-21(19,20)11-5-14-10-3-2-4-17(10)11/h5-7,15H,2-4H2,1H3. The number of sulfonamides is 1. The molecule has 9 heteroatoms. The Balaban J connectivity index is 2.03. The van der Waals surface area contributed by atoms with Gasteiger partial charge in [-0.15, -0.1) is 0 Å². The molecule has 0 radical (unpaired) electrons. The van der Waals surface area contributed by atoms with Gasteiger partial charge in [0.15, 0.2) is 5.03 Å². The summed E-state index contributed by atoms with van der Waals surface area (Å²) >= 11 is 3.12. The monoisotopic (exact) mass is 372 g/mol. The van der Waals surface area contributed by atoms with E-state index in [9.17, 15) is 13.2 Å². The molecular formula is C12H13BrN4O3S. The Bertz CT molecular complexity index is 869. The molecule has 0 fully saturated rings. The quantitative estimate of drug-likeness (QED) is 0.873. The van der Waals surface area contributed by atoms with Crippen LogP contribution in [0.5, 0.6) is 0 Å². The molecule has 0 aliphatic carbocycles. The maximum Gasteiger partial charge on any atom is 0.279 e. The van der Waals surface area contributed by atoms with Crippen molar-refractivity contribution in [3.05, 3.63) is 39.1 Å². The van der Waals surface area contributed by atoms with Crippen molar-refractivity contribution in [3.63, 3.8) is 0 Å². The molecule has 1 aliphatic rings. The highest BCUT2D eigenvalue weighted by atomic mass is 79.9. The molecule has 2 aromatic rings. The minimum Gasteiger partial charge on any atom is -0.354 e. The smallest absolute Gasteiger partial charge is 0.279 e. The van der Waals surface area contributed by atoms with Crippen LogP contribution in [0.15, 0.2) is 32.9 Å². The summed E-state index contributed by atoms with van der Waals surface area (Å²) in [6, 6.07) is 0. The molecule has 21 heavy (non-hydrogen) atoms. The van der Waals surface area contributed by atoms with E-state index in [0.717, 1.165) is 18.7 Å². The van der Waals surface area contributed by atoms with Crippen molar-refractivity contribution in [2.24, 2.45) is 7.05 Å². The van der Waals surface area contributed by atoms with Crippen molar-refractivity contribution in [1.29, 1.82) is 0 Å². The van der Waals surface area contributed by atoms with E-state index in [2.05, 4.69) is 25.6 Å². The van der Waals surface area contributed by atoms with Crippen molar-refractivity contribution >= 4 is 31.6 Å². The third-order valence-corrected chi connectivity index (χ3v) is 5.24. The van der Waals surface area contributed by atoms with Gasteiger partial charge in [-0.25, -0.2) is 4.98 Å². The third kappa shape index (κ3) is 2.51. The Labute approximate surface area is 129 Å². The van der Waals surface area contributed by atoms with E-state index in [1.807, 2.05) is 0 Å². The Morgan fingerprint density at radius 3 is 2.90 bits per heavy atom. The van der Waals surface area contributed by atoms with Crippen LogP contribution in [0.25, 0.3) is 0 Å². The minimum atomic E-state index is -3.83. The van der Waals surface area contributed by atoms with Crippen molar-refractivity contribution in [1.82, 2.24) is 14.1 Å². The van der Waals surface area contributed by atoms with Crippen LogP contribution in [0.4, 0.5) is 5.69 Å². The van der Waals surface area contributed by atoms with E-state index in [1.165, 1.54) is 12.4 Å². The second kappa shape index (κ2) is 4.99. The summed E-state index contributed by atoms with van der Waals surface area (Å²) in [5, 5.41) is 0.0945. The molecule has 7 nitrogen and oxygen atoms in total. The van der Waals surface area contributed by atoms with Crippen molar-refractivity contribution in [2.75, 3.05) is 4.72 Å². The SMILES string of the molecule is Cn1cc(Br)c(=O)c(NS(=O)(=O)c2cnc3n2CCC3)c1. The lowest BCUT2D eigenvalue weighted by Gasteiger charge is -2.10. The first-order chi connectivity index (χ1) is 9.88. The second-order valence-corrected chi connectivity index (χ2v) is 7.37. The van der Waals surface area contributed by atoms with Gasteiger partial charge < -0.3 is 9.13 Å². The van der Waals surface area contributed by atoms with Crippen LogP contribution in [-0.4, -0.2) is 22.5 Å². The van der Waals surface area contributed by atoms with Crippen LogP contribution in [0, 0.1) is 0 Å². The van der Waals surface area contributed by atoms with E-state index < -0.39 is 15.5 Å². The molecule has 0 spiro atoms. The zero-order valence-electron chi connectivity index (χ0n) is 11.2. The summed E-state index contributed by atoms with van der Waals surface area (Å²) in [6.07, 6.45) is 5.99. The largest absolute Gasteiger partial charge is 0.354 e. The van der Waals surface area contributed by atoms with Gasteiger partial charge in [-0.3, -0.25) is 9.52 Å². The van der Waals surface area contributed by atoms with Crippen LogP contribution in [-0.2, 0) is 30.0 Å². The van der Waals surface area contributed by atoms with Gasteiger partial charge in [-0.1, -0.05) is 0 Å². The summed E-state index contributed by atoms with van der Waals surface area (Å²) in [5.74, 6) is 0.762. The summed E-state index contributed by atoms with van der Waals surface area (Å²) in [7, 11) is -2.13. The molecule has 2 aromatic heterocycles. The first-order valence-electron chi connectivity index (χ1n) is 6.31. The van der Waals surface area contributed by atoms with Gasteiger partial charge >= 0.3 is 0 Å². The predicted octanol–water partition coefficient (Wildman–Crippen LogP) is 1.09. The first-order valence-corrected chi connectivity index (χ1v) is 8.59. The lowest BCUT2D eigenvalue weighted by molar-refractivity contribution is 0.583. The fraction of sp³-hybridized carbons (Fsp3) is 0.333. The number of aryl methyl sites for hydroxylation is 2. The molecule has 1 N–H and O–H groups in total. The molecule has 112 valence electrons. The van der Waals surface area contributed by atoms with Gasteiger partial charge in [0, 0.05) is 32.4 Å². The van der Waals surface area contributed by atoms with E-state index in [1.54, 1.807) is 22.4 Å². The van der Waals surface area contributed by atoms with E-state index in [0.29, 0.717) is 11.0 Å². The zero-order valence-corrected chi connectivity index (χ0v) is 13.6. The summed E-state index contributed by atoms with van der Waals surface area (Å²) in [5.41, 5.74) is -0.404. The third-order valence-electron chi connectivity index (χ3n) is 3.31. The highest BCUT2D eigenvalue weighted by Gasteiger charge is 2.26. The normalized spacial score (nSPS) is 14.2. The van der Waals surface area contributed by atoms with Crippen molar-refractivity contribution < 1.29 is 8.42 Å². The van der Waals surface area contributed by atoms with Gasteiger partial charge in [0.05, 0.1) is 10.7 Å². The van der Waals surface area contributed by atoms with Crippen LogP contribution in [0.2, 0.25) is 0 Å². The van der Waals surface area contributed by atoms with Crippen LogP contribution < -0.4 is 10.2 Å². The molecule has 0 bridgehead atoms. The number of pyridine rings is 1. The molecule has 0 saturated heterocycles. The Morgan fingerprint density at radius 2 is 2.14 bits per heavy atom. The fourth-order valence-corrected chi connectivity index (χ4v) is 4.13. The number of nitrogens with zero attached hydrogens (tertiary/aromatic N) is 3. The van der Waals surface area contributed by atoms with Gasteiger partial charge in [0.1, 0.15) is 11.5 Å². The molecule has 0 amide bonds. The molecule has 0 aromatic carbocycles. The Kier molecular flexibility index (Phi) is 3.40. The number of rotatable bonds is 3. The molecule has 3 rings (SSSR count). The summed E-state index contributed by atoms with van der Waals surface area (Å²) < 4.78 is 30.8. The lowest BCUT2D eigenvalue weighted by Crippen LogP contribution is -2.22. The number of hydrogen-bond donors (Lipinski definition) is 1. The van der Waals surface area contributed by atoms with Crippen molar-refractivity contribution in [2.45, 2.75) is 24.4 Å². The number of imidazole rings is 1. The van der Waals surface area contributed by atoms with Crippen LogP contribution in [0.3, 0.4) is 0 Å². The second-order valence-electron chi connectivity index (χ2n) is 4.89. The van der Waals surface area contributed by atoms with E-state index >= 15 is 0 Å².